The number of halogens is 3. The van der Waals surface area contributed by atoms with Crippen LogP contribution in [0.5, 0.6) is 5.75 Å². The third kappa shape index (κ3) is 2.94. The van der Waals surface area contributed by atoms with Crippen LogP contribution in [-0.2, 0) is 6.18 Å². The minimum absolute atomic E-state index is 0.125. The van der Waals surface area contributed by atoms with Crippen molar-refractivity contribution in [1.29, 1.82) is 0 Å². The largest absolute Gasteiger partial charge is 0.416 e. The van der Waals surface area contributed by atoms with E-state index in [0.29, 0.717) is 13.1 Å². The first-order chi connectivity index (χ1) is 8.47. The van der Waals surface area contributed by atoms with Crippen LogP contribution in [0.1, 0.15) is 18.4 Å². The molecular weight excluding hydrogens is 247 g/mol. The first-order valence-corrected chi connectivity index (χ1v) is 5.61. The average Bonchev–Trinajstić information content (AvgIpc) is 2.82. The van der Waals surface area contributed by atoms with E-state index in [4.69, 9.17) is 4.74 Å². The SMILES string of the molecule is O=C(Oc1ccc(C(F)(F)F)cc1)N1CCCC1. The number of alkyl halides is 3. The summed E-state index contributed by atoms with van der Waals surface area (Å²) in [6, 6.07) is 4.09. The Balaban J connectivity index is 2.00. The van der Waals surface area contributed by atoms with Gasteiger partial charge in [-0.25, -0.2) is 4.79 Å². The van der Waals surface area contributed by atoms with Crippen molar-refractivity contribution < 1.29 is 22.7 Å². The molecule has 98 valence electrons. The highest BCUT2D eigenvalue weighted by molar-refractivity contribution is 5.70. The van der Waals surface area contributed by atoms with Crippen LogP contribution in [0.2, 0.25) is 0 Å². The van der Waals surface area contributed by atoms with Crippen molar-refractivity contribution in [2.24, 2.45) is 0 Å². The van der Waals surface area contributed by atoms with E-state index in [1.165, 1.54) is 4.90 Å². The summed E-state index contributed by atoms with van der Waals surface area (Å²) in [5.41, 5.74) is -0.761. The molecule has 3 nitrogen and oxygen atoms in total. The lowest BCUT2D eigenvalue weighted by Crippen LogP contribution is -2.30. The zero-order valence-electron chi connectivity index (χ0n) is 9.54. The van der Waals surface area contributed by atoms with E-state index in [9.17, 15) is 18.0 Å². The van der Waals surface area contributed by atoms with E-state index >= 15 is 0 Å². The smallest absolute Gasteiger partial charge is 0.410 e. The van der Waals surface area contributed by atoms with E-state index in [1.807, 2.05) is 0 Å². The van der Waals surface area contributed by atoms with E-state index in [-0.39, 0.29) is 5.75 Å². The number of carbonyl (C=O) groups is 1. The third-order valence-electron chi connectivity index (χ3n) is 2.75. The molecule has 0 N–H and O–H groups in total. The Morgan fingerprint density at radius 1 is 1.11 bits per heavy atom. The molecule has 0 saturated carbocycles. The van der Waals surface area contributed by atoms with Crippen molar-refractivity contribution in [3.05, 3.63) is 29.8 Å². The molecule has 1 aromatic rings. The number of ether oxygens (including phenoxy) is 1. The second-order valence-corrected chi connectivity index (χ2v) is 4.08. The van der Waals surface area contributed by atoms with Crippen LogP contribution in [0.15, 0.2) is 24.3 Å². The molecule has 1 aromatic carbocycles. The summed E-state index contributed by atoms with van der Waals surface area (Å²) in [5, 5.41) is 0. The van der Waals surface area contributed by atoms with Gasteiger partial charge in [0, 0.05) is 13.1 Å². The number of rotatable bonds is 1. The molecule has 1 fully saturated rings. The second kappa shape index (κ2) is 4.88. The van der Waals surface area contributed by atoms with Crippen molar-refractivity contribution in [1.82, 2.24) is 4.90 Å². The van der Waals surface area contributed by atoms with Gasteiger partial charge in [0.25, 0.3) is 0 Å². The number of benzene rings is 1. The standard InChI is InChI=1S/C12H12F3NO2/c13-12(14,15)9-3-5-10(6-4-9)18-11(17)16-7-1-2-8-16/h3-6H,1-2,7-8H2. The summed E-state index contributed by atoms with van der Waals surface area (Å²) < 4.78 is 41.9. The molecule has 18 heavy (non-hydrogen) atoms. The van der Waals surface area contributed by atoms with Gasteiger partial charge in [0.05, 0.1) is 5.56 Å². The number of likely N-dealkylation sites (tertiary alicyclic amines) is 1. The lowest BCUT2D eigenvalue weighted by molar-refractivity contribution is -0.137. The summed E-state index contributed by atoms with van der Waals surface area (Å²) in [5.74, 6) is 0.125. The molecule has 0 spiro atoms. The Bertz CT molecular complexity index is 422. The fraction of sp³-hybridized carbons (Fsp3) is 0.417. The molecule has 0 radical (unpaired) electrons. The quantitative estimate of drug-likeness (QED) is 0.774. The van der Waals surface area contributed by atoms with Gasteiger partial charge in [-0.2, -0.15) is 13.2 Å². The van der Waals surface area contributed by atoms with Gasteiger partial charge < -0.3 is 9.64 Å². The Hall–Kier alpha value is -1.72. The highest BCUT2D eigenvalue weighted by Gasteiger charge is 2.30. The average molecular weight is 259 g/mol. The van der Waals surface area contributed by atoms with E-state index in [2.05, 4.69) is 0 Å². The molecule has 1 amide bonds. The molecular formula is C12H12F3NO2. The third-order valence-corrected chi connectivity index (χ3v) is 2.75. The molecule has 2 rings (SSSR count). The minimum atomic E-state index is -4.38. The zero-order chi connectivity index (χ0) is 13.2. The number of nitrogens with zero attached hydrogens (tertiary/aromatic N) is 1. The van der Waals surface area contributed by atoms with Gasteiger partial charge in [-0.15, -0.1) is 0 Å². The van der Waals surface area contributed by atoms with Crippen LogP contribution < -0.4 is 4.74 Å². The number of amides is 1. The molecule has 1 aliphatic rings. The van der Waals surface area contributed by atoms with E-state index in [1.54, 1.807) is 0 Å². The van der Waals surface area contributed by atoms with Crippen molar-refractivity contribution in [2.75, 3.05) is 13.1 Å². The molecule has 0 aliphatic carbocycles. The van der Waals surface area contributed by atoms with Crippen LogP contribution >= 0.6 is 0 Å². The molecule has 1 heterocycles. The number of hydrogen-bond donors (Lipinski definition) is 0. The predicted molar refractivity (Wildman–Crippen MR) is 58.3 cm³/mol. The summed E-state index contributed by atoms with van der Waals surface area (Å²) in [6.45, 7) is 1.28. The van der Waals surface area contributed by atoms with Gasteiger partial charge in [-0.05, 0) is 37.1 Å². The van der Waals surface area contributed by atoms with Gasteiger partial charge in [0.1, 0.15) is 5.75 Å². The Kier molecular flexibility index (Phi) is 3.45. The van der Waals surface area contributed by atoms with Crippen LogP contribution in [-0.4, -0.2) is 24.1 Å². The summed E-state index contributed by atoms with van der Waals surface area (Å²) in [7, 11) is 0. The monoisotopic (exact) mass is 259 g/mol. The number of carbonyl (C=O) groups excluding carboxylic acids is 1. The van der Waals surface area contributed by atoms with Gasteiger partial charge >= 0.3 is 12.3 Å². The molecule has 1 aliphatic heterocycles. The lowest BCUT2D eigenvalue weighted by atomic mass is 10.2. The summed E-state index contributed by atoms with van der Waals surface area (Å²) >= 11 is 0. The Morgan fingerprint density at radius 3 is 2.17 bits per heavy atom. The maximum atomic E-state index is 12.3. The highest BCUT2D eigenvalue weighted by Crippen LogP contribution is 2.30. The van der Waals surface area contributed by atoms with Gasteiger partial charge in [-0.1, -0.05) is 0 Å². The molecule has 0 unspecified atom stereocenters. The Labute approximate surface area is 102 Å². The highest BCUT2D eigenvalue weighted by atomic mass is 19.4. The normalized spacial score (nSPS) is 15.8. The maximum absolute atomic E-state index is 12.3. The van der Waals surface area contributed by atoms with E-state index in [0.717, 1.165) is 37.1 Å². The first-order valence-electron chi connectivity index (χ1n) is 5.61. The van der Waals surface area contributed by atoms with Crippen molar-refractivity contribution in [3.63, 3.8) is 0 Å². The topological polar surface area (TPSA) is 29.5 Å². The van der Waals surface area contributed by atoms with Crippen LogP contribution in [0, 0.1) is 0 Å². The van der Waals surface area contributed by atoms with Crippen LogP contribution in [0.3, 0.4) is 0 Å². The molecule has 0 bridgehead atoms. The molecule has 0 aromatic heterocycles. The predicted octanol–water partition coefficient (Wildman–Crippen LogP) is 3.30. The van der Waals surface area contributed by atoms with E-state index < -0.39 is 17.8 Å². The fourth-order valence-corrected chi connectivity index (χ4v) is 1.78. The first kappa shape index (κ1) is 12.7. The summed E-state index contributed by atoms with van der Waals surface area (Å²) in [4.78, 5) is 13.1. The minimum Gasteiger partial charge on any atom is -0.410 e. The van der Waals surface area contributed by atoms with Crippen molar-refractivity contribution >= 4 is 6.09 Å². The van der Waals surface area contributed by atoms with Crippen molar-refractivity contribution in [3.8, 4) is 5.75 Å². The second-order valence-electron chi connectivity index (χ2n) is 4.08. The fourth-order valence-electron chi connectivity index (χ4n) is 1.78. The molecule has 1 saturated heterocycles. The number of hydrogen-bond acceptors (Lipinski definition) is 2. The maximum Gasteiger partial charge on any atom is 0.416 e. The zero-order valence-corrected chi connectivity index (χ0v) is 9.54. The van der Waals surface area contributed by atoms with Gasteiger partial charge in [-0.3, -0.25) is 0 Å². The lowest BCUT2D eigenvalue weighted by Gasteiger charge is -2.15. The van der Waals surface area contributed by atoms with Crippen LogP contribution in [0.4, 0.5) is 18.0 Å². The molecule has 6 heteroatoms. The van der Waals surface area contributed by atoms with Gasteiger partial charge in [0.15, 0.2) is 0 Å². The van der Waals surface area contributed by atoms with Crippen molar-refractivity contribution in [2.45, 2.75) is 19.0 Å². The van der Waals surface area contributed by atoms with Crippen LogP contribution in [0.25, 0.3) is 0 Å². The van der Waals surface area contributed by atoms with Gasteiger partial charge in [0.2, 0.25) is 0 Å². The Morgan fingerprint density at radius 2 is 1.67 bits per heavy atom. The molecule has 0 atom stereocenters. The summed E-state index contributed by atoms with van der Waals surface area (Å²) in [6.07, 6.45) is -3.02.